The third-order valence-corrected chi connectivity index (χ3v) is 5.20. The molecule has 24 heavy (non-hydrogen) atoms. The van der Waals surface area contributed by atoms with Gasteiger partial charge in [0.05, 0.1) is 25.3 Å². The monoisotopic (exact) mass is 336 g/mol. The van der Waals surface area contributed by atoms with Crippen molar-refractivity contribution in [2.24, 2.45) is 5.92 Å². The van der Waals surface area contributed by atoms with Gasteiger partial charge in [0.2, 0.25) is 5.91 Å². The van der Waals surface area contributed by atoms with Crippen molar-refractivity contribution in [3.8, 4) is 6.07 Å². The van der Waals surface area contributed by atoms with Crippen LogP contribution in [-0.4, -0.2) is 84.2 Å². The van der Waals surface area contributed by atoms with Crippen LogP contribution >= 0.6 is 0 Å². The molecular weight excluding hydrogens is 304 g/mol. The highest BCUT2D eigenvalue weighted by Crippen LogP contribution is 2.22. The molecule has 2 heterocycles. The summed E-state index contributed by atoms with van der Waals surface area (Å²) in [7, 11) is 0. The molecule has 0 bridgehead atoms. The van der Waals surface area contributed by atoms with E-state index in [2.05, 4.69) is 50.5 Å². The van der Waals surface area contributed by atoms with Crippen LogP contribution in [0.15, 0.2) is 0 Å². The number of nitriles is 1. The van der Waals surface area contributed by atoms with Crippen molar-refractivity contribution in [1.82, 2.24) is 14.7 Å². The third-order valence-electron chi connectivity index (χ3n) is 5.20. The Balaban J connectivity index is 1.88. The van der Waals surface area contributed by atoms with E-state index < -0.39 is 0 Å². The minimum atomic E-state index is -0.104. The van der Waals surface area contributed by atoms with Gasteiger partial charge in [0.1, 0.15) is 6.04 Å². The summed E-state index contributed by atoms with van der Waals surface area (Å²) in [6.07, 6.45) is 0.171. The molecule has 0 saturated carbocycles. The first-order chi connectivity index (χ1) is 11.2. The molecule has 136 valence electrons. The van der Waals surface area contributed by atoms with Gasteiger partial charge in [-0.3, -0.25) is 14.6 Å². The largest absolute Gasteiger partial charge is 0.375 e. The Hall–Kier alpha value is -1.16. The van der Waals surface area contributed by atoms with Gasteiger partial charge in [-0.25, -0.2) is 0 Å². The van der Waals surface area contributed by atoms with Crippen LogP contribution in [0, 0.1) is 17.2 Å². The van der Waals surface area contributed by atoms with Crippen molar-refractivity contribution < 1.29 is 9.53 Å². The van der Waals surface area contributed by atoms with E-state index in [1.54, 1.807) is 0 Å². The first-order valence-electron chi connectivity index (χ1n) is 9.02. The maximum atomic E-state index is 12.7. The number of ether oxygens (including phenoxy) is 1. The molecule has 2 fully saturated rings. The smallest absolute Gasteiger partial charge is 0.236 e. The second-order valence-electron chi connectivity index (χ2n) is 8.05. The summed E-state index contributed by atoms with van der Waals surface area (Å²) < 4.78 is 5.72. The number of nitrogens with zero attached hydrogens (tertiary/aromatic N) is 4. The predicted octanol–water partition coefficient (Wildman–Crippen LogP) is 1.18. The number of carbonyl (C=O) groups excluding carboxylic acids is 1. The molecule has 0 spiro atoms. The summed E-state index contributed by atoms with van der Waals surface area (Å²) in [5, 5.41) is 9.33. The Morgan fingerprint density at radius 1 is 1.29 bits per heavy atom. The molecule has 2 saturated heterocycles. The zero-order valence-electron chi connectivity index (χ0n) is 15.8. The van der Waals surface area contributed by atoms with E-state index in [4.69, 9.17) is 4.74 Å². The van der Waals surface area contributed by atoms with Crippen molar-refractivity contribution in [2.75, 3.05) is 45.9 Å². The first-order valence-corrected chi connectivity index (χ1v) is 9.02. The summed E-state index contributed by atoms with van der Waals surface area (Å²) in [4.78, 5) is 19.1. The van der Waals surface area contributed by atoms with E-state index in [0.717, 1.165) is 19.6 Å². The van der Waals surface area contributed by atoms with Crippen molar-refractivity contribution >= 4 is 5.91 Å². The minimum absolute atomic E-state index is 0.0544. The van der Waals surface area contributed by atoms with Gasteiger partial charge >= 0.3 is 0 Å². The maximum Gasteiger partial charge on any atom is 0.236 e. The number of amides is 1. The lowest BCUT2D eigenvalue weighted by atomic mass is 10.0. The Bertz CT molecular complexity index is 478. The second kappa shape index (κ2) is 7.81. The predicted molar refractivity (Wildman–Crippen MR) is 93.5 cm³/mol. The van der Waals surface area contributed by atoms with Crippen molar-refractivity contribution in [3.05, 3.63) is 0 Å². The van der Waals surface area contributed by atoms with Gasteiger partial charge in [-0.2, -0.15) is 5.26 Å². The molecule has 0 aromatic carbocycles. The molecular formula is C18H32N4O2. The molecule has 2 atom stereocenters. The Kier molecular flexibility index (Phi) is 6.24. The molecule has 0 N–H and O–H groups in total. The second-order valence-corrected chi connectivity index (χ2v) is 8.05. The summed E-state index contributed by atoms with van der Waals surface area (Å²) in [6, 6.07) is 2.34. The molecule has 2 rings (SSSR count). The SMILES string of the molecule is CC(C)[C@@H](C#N)N1CCN(C(=O)CN2C[C@H](C)OCC2(C)C)CC1. The molecule has 2 aliphatic rings. The van der Waals surface area contributed by atoms with E-state index in [0.29, 0.717) is 32.2 Å². The van der Waals surface area contributed by atoms with Crippen molar-refractivity contribution in [2.45, 2.75) is 52.3 Å². The molecule has 0 aliphatic carbocycles. The lowest BCUT2D eigenvalue weighted by Gasteiger charge is -2.45. The van der Waals surface area contributed by atoms with Crippen LogP contribution < -0.4 is 0 Å². The van der Waals surface area contributed by atoms with Gasteiger partial charge in [-0.15, -0.1) is 0 Å². The third kappa shape index (κ3) is 4.47. The fraction of sp³-hybridized carbons (Fsp3) is 0.889. The van der Waals surface area contributed by atoms with Crippen LogP contribution in [-0.2, 0) is 9.53 Å². The van der Waals surface area contributed by atoms with Gasteiger partial charge in [-0.05, 0) is 26.7 Å². The first kappa shape index (κ1) is 19.2. The van der Waals surface area contributed by atoms with Gasteiger partial charge in [-0.1, -0.05) is 13.8 Å². The minimum Gasteiger partial charge on any atom is -0.375 e. The Morgan fingerprint density at radius 3 is 2.46 bits per heavy atom. The van der Waals surface area contributed by atoms with Crippen LogP contribution in [0.25, 0.3) is 0 Å². The average molecular weight is 336 g/mol. The van der Waals surface area contributed by atoms with E-state index >= 15 is 0 Å². The normalized spacial score (nSPS) is 27.0. The van der Waals surface area contributed by atoms with Gasteiger partial charge in [0.25, 0.3) is 0 Å². The van der Waals surface area contributed by atoms with Crippen molar-refractivity contribution in [3.63, 3.8) is 0 Å². The summed E-state index contributed by atoms with van der Waals surface area (Å²) >= 11 is 0. The summed E-state index contributed by atoms with van der Waals surface area (Å²) in [5.41, 5.74) is -0.104. The Morgan fingerprint density at radius 2 is 1.92 bits per heavy atom. The number of piperazine rings is 1. The van der Waals surface area contributed by atoms with E-state index in [1.165, 1.54) is 0 Å². The fourth-order valence-electron chi connectivity index (χ4n) is 3.49. The summed E-state index contributed by atoms with van der Waals surface area (Å²) in [6.45, 7) is 15.4. The zero-order valence-corrected chi connectivity index (χ0v) is 15.8. The molecule has 0 unspecified atom stereocenters. The fourth-order valence-corrected chi connectivity index (χ4v) is 3.49. The standard InChI is InChI=1S/C18H32N4O2/c1-14(2)16(10-19)20-6-8-21(9-7-20)17(23)12-22-11-15(3)24-13-18(22,4)5/h14-16H,6-9,11-13H2,1-5H3/t15-,16+/m0/s1. The molecule has 1 amide bonds. The number of hydrogen-bond acceptors (Lipinski definition) is 5. The highest BCUT2D eigenvalue weighted by atomic mass is 16.5. The molecule has 0 aromatic rings. The average Bonchev–Trinajstić information content (AvgIpc) is 2.52. The highest BCUT2D eigenvalue weighted by Gasteiger charge is 2.36. The lowest BCUT2D eigenvalue weighted by Crippen LogP contribution is -2.60. The zero-order chi connectivity index (χ0) is 17.9. The van der Waals surface area contributed by atoms with E-state index in [1.807, 2.05) is 4.90 Å². The van der Waals surface area contributed by atoms with Gasteiger partial charge in [0, 0.05) is 38.3 Å². The topological polar surface area (TPSA) is 59.8 Å². The van der Waals surface area contributed by atoms with Crippen LogP contribution in [0.2, 0.25) is 0 Å². The van der Waals surface area contributed by atoms with E-state index in [-0.39, 0.29) is 23.6 Å². The maximum absolute atomic E-state index is 12.7. The molecule has 0 aromatic heterocycles. The number of carbonyl (C=O) groups is 1. The summed E-state index contributed by atoms with van der Waals surface area (Å²) in [5.74, 6) is 0.503. The molecule has 2 aliphatic heterocycles. The lowest BCUT2D eigenvalue weighted by molar-refractivity contribution is -0.142. The van der Waals surface area contributed by atoms with Crippen LogP contribution in [0.3, 0.4) is 0 Å². The highest BCUT2D eigenvalue weighted by molar-refractivity contribution is 5.78. The van der Waals surface area contributed by atoms with E-state index in [9.17, 15) is 10.1 Å². The van der Waals surface area contributed by atoms with Crippen LogP contribution in [0.4, 0.5) is 0 Å². The van der Waals surface area contributed by atoms with Gasteiger partial charge in [0.15, 0.2) is 0 Å². The number of morpholine rings is 1. The van der Waals surface area contributed by atoms with Crippen LogP contribution in [0.5, 0.6) is 0 Å². The number of hydrogen-bond donors (Lipinski definition) is 0. The van der Waals surface area contributed by atoms with Crippen LogP contribution in [0.1, 0.15) is 34.6 Å². The quantitative estimate of drug-likeness (QED) is 0.771. The molecule has 6 heteroatoms. The molecule has 6 nitrogen and oxygen atoms in total. The van der Waals surface area contributed by atoms with Gasteiger partial charge < -0.3 is 9.64 Å². The number of rotatable bonds is 4. The Labute approximate surface area is 146 Å². The van der Waals surface area contributed by atoms with Crippen molar-refractivity contribution in [1.29, 1.82) is 5.26 Å². The molecule has 0 radical (unpaired) electrons.